The van der Waals surface area contributed by atoms with Gasteiger partial charge in [-0.2, -0.15) is 0 Å². The number of likely N-dealkylation sites (N-methyl/N-ethyl adjacent to an activating group) is 1. The van der Waals surface area contributed by atoms with E-state index in [0.717, 1.165) is 6.42 Å². The van der Waals surface area contributed by atoms with Gasteiger partial charge < -0.3 is 10.4 Å². The van der Waals surface area contributed by atoms with Gasteiger partial charge in [0.2, 0.25) is 5.91 Å². The molecule has 2 atom stereocenters. The van der Waals surface area contributed by atoms with Gasteiger partial charge in [0.05, 0.1) is 12.5 Å². The molecule has 2 N–H and O–H groups in total. The van der Waals surface area contributed by atoms with Crippen LogP contribution in [0.25, 0.3) is 0 Å². The number of hydrogen-bond acceptors (Lipinski definition) is 3. The minimum Gasteiger partial charge on any atom is -0.481 e. The molecule has 0 saturated carbocycles. The Kier molecular flexibility index (Phi) is 3.46. The Morgan fingerprint density at radius 1 is 1.71 bits per heavy atom. The number of nitrogens with one attached hydrogen (secondary N) is 1. The van der Waals surface area contributed by atoms with E-state index in [9.17, 15) is 9.59 Å². The summed E-state index contributed by atoms with van der Waals surface area (Å²) in [6.07, 6.45) is 0.727. The smallest absolute Gasteiger partial charge is 0.305 e. The van der Waals surface area contributed by atoms with Crippen LogP contribution in [-0.2, 0) is 9.59 Å². The van der Waals surface area contributed by atoms with Gasteiger partial charge in [-0.05, 0) is 20.4 Å². The van der Waals surface area contributed by atoms with E-state index in [4.69, 9.17) is 5.11 Å². The molecule has 1 rings (SSSR count). The Bertz CT molecular complexity index is 242. The zero-order chi connectivity index (χ0) is 10.7. The normalized spacial score (nSPS) is 29.4. The van der Waals surface area contributed by atoms with E-state index in [0.29, 0.717) is 6.54 Å². The van der Waals surface area contributed by atoms with Crippen molar-refractivity contribution >= 4 is 11.9 Å². The summed E-state index contributed by atoms with van der Waals surface area (Å²) < 4.78 is 0. The first-order chi connectivity index (χ1) is 6.52. The molecular formula is C9H16N2O3. The first-order valence-electron chi connectivity index (χ1n) is 4.74. The molecule has 5 heteroatoms. The molecule has 0 aromatic heterocycles. The van der Waals surface area contributed by atoms with Crippen molar-refractivity contribution in [1.29, 1.82) is 0 Å². The lowest BCUT2D eigenvalue weighted by Gasteiger charge is -2.27. The third kappa shape index (κ3) is 2.45. The van der Waals surface area contributed by atoms with Crippen molar-refractivity contribution in [1.82, 2.24) is 10.2 Å². The zero-order valence-electron chi connectivity index (χ0n) is 8.49. The van der Waals surface area contributed by atoms with Crippen LogP contribution in [0.3, 0.4) is 0 Å². The molecule has 0 aliphatic carbocycles. The summed E-state index contributed by atoms with van der Waals surface area (Å²) in [4.78, 5) is 23.9. The molecule has 14 heavy (non-hydrogen) atoms. The maximum Gasteiger partial charge on any atom is 0.305 e. The zero-order valence-corrected chi connectivity index (χ0v) is 8.49. The van der Waals surface area contributed by atoms with Crippen LogP contribution >= 0.6 is 0 Å². The number of carbonyl (C=O) groups is 2. The summed E-state index contributed by atoms with van der Waals surface area (Å²) in [5.74, 6) is -1.12. The summed E-state index contributed by atoms with van der Waals surface area (Å²) in [7, 11) is 1.79. The number of aliphatic carboxylic acids is 1. The van der Waals surface area contributed by atoms with Crippen LogP contribution in [-0.4, -0.2) is 47.6 Å². The van der Waals surface area contributed by atoms with Crippen LogP contribution in [0.5, 0.6) is 0 Å². The van der Waals surface area contributed by atoms with E-state index in [-0.39, 0.29) is 18.4 Å². The van der Waals surface area contributed by atoms with Crippen LogP contribution in [0.2, 0.25) is 0 Å². The van der Waals surface area contributed by atoms with Crippen molar-refractivity contribution in [3.8, 4) is 0 Å². The Morgan fingerprint density at radius 3 is 2.93 bits per heavy atom. The maximum atomic E-state index is 11.5. The fourth-order valence-electron chi connectivity index (χ4n) is 1.62. The summed E-state index contributed by atoms with van der Waals surface area (Å²) >= 11 is 0. The summed E-state index contributed by atoms with van der Waals surface area (Å²) in [5.41, 5.74) is 0. The maximum absolute atomic E-state index is 11.5. The van der Waals surface area contributed by atoms with E-state index in [1.54, 1.807) is 7.05 Å². The molecule has 0 radical (unpaired) electrons. The average Bonchev–Trinajstić information content (AvgIpc) is 2.20. The van der Waals surface area contributed by atoms with Crippen LogP contribution in [0.4, 0.5) is 0 Å². The fraction of sp³-hybridized carbons (Fsp3) is 0.778. The monoisotopic (exact) mass is 200 g/mol. The third-order valence-corrected chi connectivity index (χ3v) is 2.72. The molecule has 5 nitrogen and oxygen atoms in total. The highest BCUT2D eigenvalue weighted by Crippen LogP contribution is 2.12. The molecule has 0 aromatic rings. The van der Waals surface area contributed by atoms with Crippen molar-refractivity contribution in [2.24, 2.45) is 0 Å². The van der Waals surface area contributed by atoms with E-state index >= 15 is 0 Å². The van der Waals surface area contributed by atoms with Gasteiger partial charge in [0, 0.05) is 12.6 Å². The molecule has 1 fully saturated rings. The second kappa shape index (κ2) is 4.41. The van der Waals surface area contributed by atoms with Gasteiger partial charge >= 0.3 is 5.97 Å². The number of rotatable bonds is 2. The topological polar surface area (TPSA) is 69.6 Å². The van der Waals surface area contributed by atoms with Gasteiger partial charge in [0.25, 0.3) is 0 Å². The molecule has 0 spiro atoms. The molecule has 1 aliphatic rings. The van der Waals surface area contributed by atoms with Crippen molar-refractivity contribution in [3.63, 3.8) is 0 Å². The lowest BCUT2D eigenvalue weighted by atomic mass is 10.1. The summed E-state index contributed by atoms with van der Waals surface area (Å²) in [6.45, 7) is 2.62. The highest BCUT2D eigenvalue weighted by atomic mass is 16.4. The summed E-state index contributed by atoms with van der Waals surface area (Å²) in [6, 6.07) is -0.303. The number of amides is 1. The lowest BCUT2D eigenvalue weighted by molar-refractivity contribution is -0.141. The molecule has 80 valence electrons. The highest BCUT2D eigenvalue weighted by molar-refractivity contribution is 5.86. The molecule has 1 heterocycles. The van der Waals surface area contributed by atoms with Gasteiger partial charge in [-0.1, -0.05) is 0 Å². The summed E-state index contributed by atoms with van der Waals surface area (Å²) in [5, 5.41) is 11.4. The van der Waals surface area contributed by atoms with Crippen LogP contribution in [0.15, 0.2) is 0 Å². The molecule has 1 amide bonds. The SMILES string of the molecule is CC1CCNC(=O)C(CC(=O)O)N1C. The highest BCUT2D eigenvalue weighted by Gasteiger charge is 2.30. The Balaban J connectivity index is 2.73. The first-order valence-corrected chi connectivity index (χ1v) is 4.74. The Hall–Kier alpha value is -1.10. The predicted octanol–water partition coefficient (Wildman–Crippen LogP) is -0.330. The largest absolute Gasteiger partial charge is 0.481 e. The minimum atomic E-state index is -0.939. The number of carbonyl (C=O) groups excluding carboxylic acids is 1. The van der Waals surface area contributed by atoms with Crippen molar-refractivity contribution in [3.05, 3.63) is 0 Å². The number of nitrogens with zero attached hydrogens (tertiary/aromatic N) is 1. The minimum absolute atomic E-state index is 0.132. The second-order valence-corrected chi connectivity index (χ2v) is 3.71. The first kappa shape index (κ1) is 11.0. The van der Waals surface area contributed by atoms with Crippen molar-refractivity contribution < 1.29 is 14.7 Å². The Labute approximate surface area is 83.1 Å². The fourth-order valence-corrected chi connectivity index (χ4v) is 1.62. The molecule has 0 bridgehead atoms. The van der Waals surface area contributed by atoms with Crippen LogP contribution < -0.4 is 5.32 Å². The van der Waals surface area contributed by atoms with Gasteiger partial charge in [-0.15, -0.1) is 0 Å². The second-order valence-electron chi connectivity index (χ2n) is 3.71. The van der Waals surface area contributed by atoms with Crippen LogP contribution in [0.1, 0.15) is 19.8 Å². The quantitative estimate of drug-likeness (QED) is 0.640. The molecule has 1 aliphatic heterocycles. The standard InChI is InChI=1S/C9H16N2O3/c1-6-3-4-10-9(14)7(11(6)2)5-8(12)13/h6-7H,3-5H2,1-2H3,(H,10,14)(H,12,13). The molecular weight excluding hydrogens is 184 g/mol. The van der Waals surface area contributed by atoms with E-state index < -0.39 is 12.0 Å². The van der Waals surface area contributed by atoms with Gasteiger partial charge in [-0.3, -0.25) is 14.5 Å². The van der Waals surface area contributed by atoms with Gasteiger partial charge in [0.1, 0.15) is 0 Å². The average molecular weight is 200 g/mol. The van der Waals surface area contributed by atoms with Crippen molar-refractivity contribution in [2.75, 3.05) is 13.6 Å². The van der Waals surface area contributed by atoms with Gasteiger partial charge in [0.15, 0.2) is 0 Å². The molecule has 1 saturated heterocycles. The number of carboxylic acid groups (broad SMARTS) is 1. The van der Waals surface area contributed by atoms with Gasteiger partial charge in [-0.25, -0.2) is 0 Å². The van der Waals surface area contributed by atoms with E-state index in [2.05, 4.69) is 5.32 Å². The van der Waals surface area contributed by atoms with E-state index in [1.165, 1.54) is 0 Å². The van der Waals surface area contributed by atoms with E-state index in [1.807, 2.05) is 11.8 Å². The lowest BCUT2D eigenvalue weighted by Crippen LogP contribution is -2.45. The van der Waals surface area contributed by atoms with Crippen molar-refractivity contribution in [2.45, 2.75) is 31.8 Å². The van der Waals surface area contributed by atoms with Crippen LogP contribution in [0, 0.1) is 0 Å². The number of carboxylic acids is 1. The number of hydrogen-bond donors (Lipinski definition) is 2. The molecule has 0 aromatic carbocycles. The molecule has 2 unspecified atom stereocenters. The predicted molar refractivity (Wildman–Crippen MR) is 50.9 cm³/mol. The third-order valence-electron chi connectivity index (χ3n) is 2.72. The Morgan fingerprint density at radius 2 is 2.36 bits per heavy atom.